The average Bonchev–Trinajstić information content (AvgIpc) is 2.74. The maximum absolute atomic E-state index is 13.0. The highest BCUT2D eigenvalue weighted by atomic mass is 32.2. The van der Waals surface area contributed by atoms with E-state index in [2.05, 4.69) is 15.6 Å². The van der Waals surface area contributed by atoms with Crippen molar-refractivity contribution in [1.29, 1.82) is 0 Å². The average molecular weight is 426 g/mol. The molecule has 2 aromatic carbocycles. The first-order valence-corrected chi connectivity index (χ1v) is 10.1. The van der Waals surface area contributed by atoms with Gasteiger partial charge in [0.15, 0.2) is 5.16 Å². The minimum atomic E-state index is -0.435. The number of halogens is 1. The second-order valence-electron chi connectivity index (χ2n) is 6.18. The van der Waals surface area contributed by atoms with E-state index in [-0.39, 0.29) is 22.8 Å². The lowest BCUT2D eigenvalue weighted by molar-refractivity contribution is -0.113. The fourth-order valence-electron chi connectivity index (χ4n) is 2.61. The zero-order chi connectivity index (χ0) is 21.5. The van der Waals surface area contributed by atoms with Crippen LogP contribution in [0, 0.1) is 5.82 Å². The lowest BCUT2D eigenvalue weighted by atomic mass is 10.1. The van der Waals surface area contributed by atoms with Gasteiger partial charge >= 0.3 is 0 Å². The van der Waals surface area contributed by atoms with Crippen molar-refractivity contribution in [2.75, 3.05) is 16.4 Å². The van der Waals surface area contributed by atoms with Crippen LogP contribution in [0.5, 0.6) is 0 Å². The number of anilines is 2. The molecule has 0 aliphatic heterocycles. The fourth-order valence-corrected chi connectivity index (χ4v) is 3.45. The number of para-hydroxylation sites is 1. The third kappa shape index (κ3) is 5.54. The molecule has 2 amide bonds. The molecule has 1 aromatic heterocycles. The minimum absolute atomic E-state index is 0.0182. The fraction of sp³-hybridized carbons (Fsp3) is 0.143. The Morgan fingerprint density at radius 3 is 2.53 bits per heavy atom. The van der Waals surface area contributed by atoms with Crippen molar-refractivity contribution in [3.63, 3.8) is 0 Å². The summed E-state index contributed by atoms with van der Waals surface area (Å²) in [5.41, 5.74) is 0.677. The highest BCUT2D eigenvalue weighted by Gasteiger charge is 2.14. The number of hydrogen-bond donors (Lipinski definition) is 2. The van der Waals surface area contributed by atoms with Crippen molar-refractivity contribution in [2.45, 2.75) is 18.6 Å². The van der Waals surface area contributed by atoms with Gasteiger partial charge in [0.2, 0.25) is 5.91 Å². The molecule has 0 unspecified atom stereocenters. The van der Waals surface area contributed by atoms with E-state index in [1.54, 1.807) is 35.0 Å². The molecule has 0 bridgehead atoms. The summed E-state index contributed by atoms with van der Waals surface area (Å²) in [5, 5.41) is 5.83. The number of carbonyl (C=O) groups is 2. The molecular formula is C21H19FN4O3S. The summed E-state index contributed by atoms with van der Waals surface area (Å²) in [7, 11) is 0. The van der Waals surface area contributed by atoms with Gasteiger partial charge in [0.1, 0.15) is 5.82 Å². The standard InChI is InChI=1S/C21H19FN4O3S/c1-2-26-12-11-18(27)25-21(26)30-13-19(28)24-17-6-4-3-5-16(17)20(29)23-15-9-7-14(22)8-10-15/h3-12H,2,13H2,1H3,(H,23,29)(H,24,28). The summed E-state index contributed by atoms with van der Waals surface area (Å²) in [6, 6.07) is 13.3. The molecule has 0 saturated heterocycles. The van der Waals surface area contributed by atoms with Crippen LogP contribution in [0.3, 0.4) is 0 Å². The Balaban J connectivity index is 1.67. The van der Waals surface area contributed by atoms with E-state index in [1.165, 1.54) is 30.3 Å². The quantitative estimate of drug-likeness (QED) is 0.446. The van der Waals surface area contributed by atoms with Crippen LogP contribution < -0.4 is 16.2 Å². The Bertz CT molecular complexity index is 1120. The molecule has 0 atom stereocenters. The summed E-state index contributed by atoms with van der Waals surface area (Å²) in [6.45, 7) is 2.52. The summed E-state index contributed by atoms with van der Waals surface area (Å²) in [5.74, 6) is -1.17. The smallest absolute Gasteiger partial charge is 0.273 e. The zero-order valence-electron chi connectivity index (χ0n) is 16.1. The van der Waals surface area contributed by atoms with Gasteiger partial charge in [-0.25, -0.2) is 4.39 Å². The highest BCUT2D eigenvalue weighted by molar-refractivity contribution is 7.99. The van der Waals surface area contributed by atoms with Crippen LogP contribution in [-0.2, 0) is 11.3 Å². The van der Waals surface area contributed by atoms with Crippen molar-refractivity contribution in [1.82, 2.24) is 9.55 Å². The lowest BCUT2D eigenvalue weighted by Gasteiger charge is -2.12. The predicted octanol–water partition coefficient (Wildman–Crippen LogP) is 3.39. The molecule has 154 valence electrons. The summed E-state index contributed by atoms with van der Waals surface area (Å²) >= 11 is 1.14. The molecule has 2 N–H and O–H groups in total. The number of benzene rings is 2. The van der Waals surface area contributed by atoms with Gasteiger partial charge in [-0.3, -0.25) is 14.4 Å². The molecule has 0 aliphatic carbocycles. The van der Waals surface area contributed by atoms with Gasteiger partial charge in [-0.15, -0.1) is 0 Å². The van der Waals surface area contributed by atoms with Crippen molar-refractivity contribution in [2.24, 2.45) is 0 Å². The van der Waals surface area contributed by atoms with Gasteiger partial charge in [0.25, 0.3) is 11.5 Å². The Hall–Kier alpha value is -3.46. The molecular weight excluding hydrogens is 407 g/mol. The van der Waals surface area contributed by atoms with Gasteiger partial charge < -0.3 is 15.2 Å². The summed E-state index contributed by atoms with van der Waals surface area (Å²) in [6.07, 6.45) is 1.63. The van der Waals surface area contributed by atoms with E-state index in [4.69, 9.17) is 0 Å². The van der Waals surface area contributed by atoms with Gasteiger partial charge in [-0.1, -0.05) is 23.9 Å². The first-order valence-electron chi connectivity index (χ1n) is 9.12. The van der Waals surface area contributed by atoms with Gasteiger partial charge in [-0.2, -0.15) is 4.98 Å². The highest BCUT2D eigenvalue weighted by Crippen LogP contribution is 2.19. The molecule has 3 aromatic rings. The van der Waals surface area contributed by atoms with Gasteiger partial charge in [0.05, 0.1) is 17.0 Å². The number of thioether (sulfide) groups is 1. The number of amides is 2. The second-order valence-corrected chi connectivity index (χ2v) is 7.12. The first kappa shape index (κ1) is 21.3. The minimum Gasteiger partial charge on any atom is -0.328 e. The monoisotopic (exact) mass is 426 g/mol. The molecule has 7 nitrogen and oxygen atoms in total. The second kappa shape index (κ2) is 9.84. The Labute approximate surface area is 176 Å². The number of hydrogen-bond acceptors (Lipinski definition) is 5. The topological polar surface area (TPSA) is 93.1 Å². The molecule has 0 radical (unpaired) electrons. The van der Waals surface area contributed by atoms with Crippen LogP contribution >= 0.6 is 11.8 Å². The number of nitrogens with zero attached hydrogens (tertiary/aromatic N) is 2. The maximum atomic E-state index is 13.0. The molecule has 1 heterocycles. The number of nitrogens with one attached hydrogen (secondary N) is 2. The van der Waals surface area contributed by atoms with E-state index in [9.17, 15) is 18.8 Å². The van der Waals surface area contributed by atoms with E-state index in [0.29, 0.717) is 23.1 Å². The number of carbonyl (C=O) groups excluding carboxylic acids is 2. The number of rotatable bonds is 7. The normalized spacial score (nSPS) is 10.5. The van der Waals surface area contributed by atoms with Crippen molar-refractivity contribution < 1.29 is 14.0 Å². The van der Waals surface area contributed by atoms with Crippen LogP contribution in [-0.4, -0.2) is 27.1 Å². The summed E-state index contributed by atoms with van der Waals surface area (Å²) < 4.78 is 14.8. The van der Waals surface area contributed by atoms with Gasteiger partial charge in [0, 0.05) is 24.5 Å². The third-order valence-electron chi connectivity index (χ3n) is 4.07. The Kier molecular flexibility index (Phi) is 6.97. The van der Waals surface area contributed by atoms with Crippen molar-refractivity contribution in [3.8, 4) is 0 Å². The Morgan fingerprint density at radius 1 is 1.07 bits per heavy atom. The molecule has 9 heteroatoms. The molecule has 0 aliphatic rings. The zero-order valence-corrected chi connectivity index (χ0v) is 16.9. The first-order chi connectivity index (χ1) is 14.5. The van der Waals surface area contributed by atoms with Crippen LogP contribution in [0.4, 0.5) is 15.8 Å². The van der Waals surface area contributed by atoms with Crippen molar-refractivity contribution in [3.05, 3.63) is 82.5 Å². The largest absolute Gasteiger partial charge is 0.328 e. The molecule has 0 spiro atoms. The Morgan fingerprint density at radius 2 is 1.80 bits per heavy atom. The van der Waals surface area contributed by atoms with Gasteiger partial charge in [-0.05, 0) is 43.3 Å². The van der Waals surface area contributed by atoms with Crippen LogP contribution in [0.1, 0.15) is 17.3 Å². The summed E-state index contributed by atoms with van der Waals surface area (Å²) in [4.78, 5) is 40.4. The van der Waals surface area contributed by atoms with E-state index in [0.717, 1.165) is 11.8 Å². The molecule has 0 saturated carbocycles. The number of aromatic nitrogens is 2. The van der Waals surface area contributed by atoms with Crippen LogP contribution in [0.15, 0.2) is 70.7 Å². The predicted molar refractivity (Wildman–Crippen MR) is 114 cm³/mol. The number of aryl methyl sites for hydroxylation is 1. The van der Waals surface area contributed by atoms with Crippen LogP contribution in [0.2, 0.25) is 0 Å². The molecule has 30 heavy (non-hydrogen) atoms. The molecule has 3 rings (SSSR count). The lowest BCUT2D eigenvalue weighted by Crippen LogP contribution is -2.20. The van der Waals surface area contributed by atoms with E-state index >= 15 is 0 Å². The maximum Gasteiger partial charge on any atom is 0.273 e. The SMILES string of the molecule is CCn1ccc(=O)nc1SCC(=O)Nc1ccccc1C(=O)Nc1ccc(F)cc1. The van der Waals surface area contributed by atoms with E-state index in [1.807, 2.05) is 6.92 Å². The molecule has 0 fully saturated rings. The van der Waals surface area contributed by atoms with Crippen molar-refractivity contribution >= 4 is 35.0 Å². The third-order valence-corrected chi connectivity index (χ3v) is 5.06. The van der Waals surface area contributed by atoms with E-state index < -0.39 is 11.7 Å². The van der Waals surface area contributed by atoms with Crippen LogP contribution in [0.25, 0.3) is 0 Å².